The molecule has 0 saturated heterocycles. The van der Waals surface area contributed by atoms with E-state index in [4.69, 9.17) is 14.7 Å². The number of nitrogens with zero attached hydrogens (tertiary/aromatic N) is 3. The number of methoxy groups -OCH3 is 1. The highest BCUT2D eigenvalue weighted by atomic mass is 32.2. The first-order valence-corrected chi connectivity index (χ1v) is 14.9. The minimum atomic E-state index is -0.706. The van der Waals surface area contributed by atoms with Gasteiger partial charge in [0.25, 0.3) is 5.91 Å². The number of amides is 3. The van der Waals surface area contributed by atoms with Crippen molar-refractivity contribution in [1.29, 1.82) is 0 Å². The molecule has 10 heteroatoms. The van der Waals surface area contributed by atoms with Gasteiger partial charge in [-0.2, -0.15) is 0 Å². The zero-order chi connectivity index (χ0) is 29.5. The first-order chi connectivity index (χ1) is 20.5. The van der Waals surface area contributed by atoms with E-state index in [9.17, 15) is 14.4 Å². The summed E-state index contributed by atoms with van der Waals surface area (Å²) in [5.74, 6) is 0.580. The van der Waals surface area contributed by atoms with Crippen molar-refractivity contribution in [2.75, 3.05) is 19.0 Å². The van der Waals surface area contributed by atoms with Gasteiger partial charge in [0.05, 0.1) is 18.0 Å². The lowest BCUT2D eigenvalue weighted by Gasteiger charge is -2.27. The van der Waals surface area contributed by atoms with Gasteiger partial charge < -0.3 is 15.4 Å². The number of thioether (sulfide) groups is 1. The smallest absolute Gasteiger partial charge is 0.259 e. The molecular weight excluding hydrogens is 550 g/mol. The molecule has 2 atom stereocenters. The summed E-state index contributed by atoms with van der Waals surface area (Å²) in [7, 11) is 1.57. The van der Waals surface area contributed by atoms with Crippen molar-refractivity contribution in [3.8, 4) is 5.75 Å². The monoisotopic (exact) mass is 583 g/mol. The average Bonchev–Trinajstić information content (AvgIpc) is 3.35. The molecule has 0 aromatic heterocycles. The molecule has 0 bridgehead atoms. The number of hydrogen-bond acceptors (Lipinski definition) is 7. The van der Waals surface area contributed by atoms with Gasteiger partial charge in [-0.05, 0) is 49.1 Å². The topological polar surface area (TPSA) is 112 Å². The van der Waals surface area contributed by atoms with Crippen molar-refractivity contribution < 1.29 is 19.1 Å². The van der Waals surface area contributed by atoms with Gasteiger partial charge in [-0.15, -0.1) is 0 Å². The van der Waals surface area contributed by atoms with Gasteiger partial charge in [0.2, 0.25) is 11.8 Å². The second kappa shape index (κ2) is 13.5. The first kappa shape index (κ1) is 29.1. The Morgan fingerprint density at radius 2 is 1.83 bits per heavy atom. The lowest BCUT2D eigenvalue weighted by Crippen LogP contribution is -2.42. The van der Waals surface area contributed by atoms with E-state index in [0.29, 0.717) is 41.1 Å². The fourth-order valence-electron chi connectivity index (χ4n) is 4.79. The van der Waals surface area contributed by atoms with Gasteiger partial charge >= 0.3 is 0 Å². The summed E-state index contributed by atoms with van der Waals surface area (Å²) in [4.78, 5) is 50.5. The van der Waals surface area contributed by atoms with Crippen LogP contribution in [0.3, 0.4) is 0 Å². The third-order valence-corrected chi connectivity index (χ3v) is 8.34. The SMILES string of the molecule is CC[C@H](SC1=Nc2ccccc2C2=N[C@H](CCC(=O)NCCc3ccccc3)C(=O)N12)C(=O)Nc1cccc(OC)c1. The number of carbonyl (C=O) groups excluding carboxylic acids is 3. The highest BCUT2D eigenvalue weighted by molar-refractivity contribution is 8.15. The number of para-hydroxylation sites is 1. The number of carbonyl (C=O) groups is 3. The van der Waals surface area contributed by atoms with Crippen LogP contribution in [0.5, 0.6) is 5.75 Å². The second-order valence-corrected chi connectivity index (χ2v) is 11.1. The molecule has 3 aromatic rings. The normalized spacial score (nSPS) is 16.1. The van der Waals surface area contributed by atoms with Crippen LogP contribution in [0, 0.1) is 0 Å². The lowest BCUT2D eigenvalue weighted by atomic mass is 10.1. The van der Waals surface area contributed by atoms with Crippen molar-refractivity contribution in [3.63, 3.8) is 0 Å². The van der Waals surface area contributed by atoms with Crippen LogP contribution in [0.15, 0.2) is 88.8 Å². The van der Waals surface area contributed by atoms with Crippen molar-refractivity contribution in [2.45, 2.75) is 43.9 Å². The van der Waals surface area contributed by atoms with Gasteiger partial charge in [0.1, 0.15) is 17.6 Å². The van der Waals surface area contributed by atoms with Crippen LogP contribution in [0.4, 0.5) is 11.4 Å². The molecule has 3 amide bonds. The van der Waals surface area contributed by atoms with E-state index in [0.717, 1.165) is 17.5 Å². The van der Waals surface area contributed by atoms with Crippen molar-refractivity contribution in [3.05, 3.63) is 90.0 Å². The highest BCUT2D eigenvalue weighted by Gasteiger charge is 2.42. The molecule has 42 heavy (non-hydrogen) atoms. The van der Waals surface area contributed by atoms with E-state index in [1.54, 1.807) is 31.4 Å². The zero-order valence-electron chi connectivity index (χ0n) is 23.6. The maximum atomic E-state index is 13.6. The largest absolute Gasteiger partial charge is 0.497 e. The summed E-state index contributed by atoms with van der Waals surface area (Å²) in [6.07, 6.45) is 1.71. The van der Waals surface area contributed by atoms with Crippen LogP contribution in [0.1, 0.15) is 37.3 Å². The Kier molecular flexibility index (Phi) is 9.33. The summed E-state index contributed by atoms with van der Waals surface area (Å²) in [5.41, 5.74) is 3.21. The third kappa shape index (κ3) is 6.71. The van der Waals surface area contributed by atoms with Crippen LogP contribution in [-0.4, -0.2) is 58.6 Å². The van der Waals surface area contributed by atoms with Crippen molar-refractivity contribution in [1.82, 2.24) is 10.2 Å². The predicted octanol–water partition coefficient (Wildman–Crippen LogP) is 4.94. The van der Waals surface area contributed by atoms with Crippen LogP contribution in [-0.2, 0) is 20.8 Å². The Morgan fingerprint density at radius 3 is 2.62 bits per heavy atom. The molecule has 2 aliphatic heterocycles. The molecule has 216 valence electrons. The molecule has 0 saturated carbocycles. The number of nitrogens with one attached hydrogen (secondary N) is 2. The zero-order valence-corrected chi connectivity index (χ0v) is 24.4. The molecule has 2 N–H and O–H groups in total. The summed E-state index contributed by atoms with van der Waals surface area (Å²) >= 11 is 1.23. The molecule has 0 aliphatic carbocycles. The van der Waals surface area contributed by atoms with Gasteiger partial charge in [-0.1, -0.05) is 67.2 Å². The van der Waals surface area contributed by atoms with E-state index in [2.05, 4.69) is 10.6 Å². The Balaban J connectivity index is 1.26. The maximum Gasteiger partial charge on any atom is 0.259 e. The molecule has 2 heterocycles. The fraction of sp³-hybridized carbons (Fsp3) is 0.281. The number of benzene rings is 3. The van der Waals surface area contributed by atoms with Crippen molar-refractivity contribution >= 4 is 51.9 Å². The van der Waals surface area contributed by atoms with E-state index >= 15 is 0 Å². The van der Waals surface area contributed by atoms with Crippen molar-refractivity contribution in [2.24, 2.45) is 9.98 Å². The summed E-state index contributed by atoms with van der Waals surface area (Å²) in [5, 5.41) is 5.77. The molecule has 0 fully saturated rings. The lowest BCUT2D eigenvalue weighted by molar-refractivity contribution is -0.125. The van der Waals surface area contributed by atoms with E-state index in [1.807, 2.05) is 61.5 Å². The molecule has 9 nitrogen and oxygen atoms in total. The number of ether oxygens (including phenoxy) is 1. The molecular formula is C32H33N5O4S. The Bertz CT molecular complexity index is 1520. The van der Waals surface area contributed by atoms with E-state index < -0.39 is 11.3 Å². The number of rotatable bonds is 11. The summed E-state index contributed by atoms with van der Waals surface area (Å²) in [6.45, 7) is 2.44. The minimum absolute atomic E-state index is 0.118. The number of amidine groups is 2. The average molecular weight is 584 g/mol. The Labute approximate surface area is 249 Å². The Hall–Kier alpha value is -4.44. The molecule has 3 aromatic carbocycles. The number of aliphatic imine (C=N–C) groups is 2. The second-order valence-electron chi connectivity index (χ2n) is 9.91. The minimum Gasteiger partial charge on any atom is -0.497 e. The van der Waals surface area contributed by atoms with Crippen LogP contribution >= 0.6 is 11.8 Å². The molecule has 0 unspecified atom stereocenters. The number of fused-ring (bicyclic) bond motifs is 3. The molecule has 5 rings (SSSR count). The van der Waals surface area contributed by atoms with Gasteiger partial charge in [0, 0.05) is 30.3 Å². The van der Waals surface area contributed by atoms with Crippen LogP contribution < -0.4 is 15.4 Å². The molecule has 0 spiro atoms. The number of anilines is 1. The fourth-order valence-corrected chi connectivity index (χ4v) is 5.81. The third-order valence-electron chi connectivity index (χ3n) is 7.02. The van der Waals surface area contributed by atoms with Crippen LogP contribution in [0.2, 0.25) is 0 Å². The van der Waals surface area contributed by atoms with Crippen LogP contribution in [0.25, 0.3) is 0 Å². The standard InChI is InChI=1S/C32H33N5O4S/c1-3-27(30(39)34-22-12-9-13-23(20-22)41-2)42-32-36-25-15-8-7-14-24(25)29-35-26(31(40)37(29)32)16-17-28(38)33-19-18-21-10-5-4-6-11-21/h4-15,20,26-27H,3,16-19H2,1-2H3,(H,33,38)(H,34,39)/t26-,27+/m1/s1. The first-order valence-electron chi connectivity index (χ1n) is 14.0. The van der Waals surface area contributed by atoms with E-state index in [1.165, 1.54) is 16.7 Å². The number of hydrogen-bond donors (Lipinski definition) is 2. The summed E-state index contributed by atoms with van der Waals surface area (Å²) < 4.78 is 5.26. The predicted molar refractivity (Wildman–Crippen MR) is 166 cm³/mol. The Morgan fingerprint density at radius 1 is 1.05 bits per heavy atom. The molecule has 0 radical (unpaired) electrons. The maximum absolute atomic E-state index is 13.6. The van der Waals surface area contributed by atoms with Gasteiger partial charge in [0.15, 0.2) is 5.17 Å². The quantitative estimate of drug-likeness (QED) is 0.332. The van der Waals surface area contributed by atoms with E-state index in [-0.39, 0.29) is 30.6 Å². The molecule has 2 aliphatic rings. The van der Waals surface area contributed by atoms with Gasteiger partial charge in [-0.3, -0.25) is 19.4 Å². The van der Waals surface area contributed by atoms with Gasteiger partial charge in [-0.25, -0.2) is 9.89 Å². The highest BCUT2D eigenvalue weighted by Crippen LogP contribution is 2.36. The summed E-state index contributed by atoms with van der Waals surface area (Å²) in [6, 6.07) is 23.9.